The Hall–Kier alpha value is -1.87. The minimum absolute atomic E-state index is 0.237. The Kier molecular flexibility index (Phi) is 4.17. The number of benzene rings is 2. The van der Waals surface area contributed by atoms with Gasteiger partial charge in [0.25, 0.3) is 0 Å². The van der Waals surface area contributed by atoms with Crippen LogP contribution in [0.3, 0.4) is 0 Å². The monoisotopic (exact) mass is 259 g/mol. The predicted octanol–water partition coefficient (Wildman–Crippen LogP) is 3.78. The van der Waals surface area contributed by atoms with Gasteiger partial charge < -0.3 is 10.1 Å². The highest BCUT2D eigenvalue weighted by atomic mass is 19.1. The summed E-state index contributed by atoms with van der Waals surface area (Å²) in [5, 5.41) is 3.18. The van der Waals surface area contributed by atoms with E-state index in [9.17, 15) is 4.39 Å². The molecule has 1 atom stereocenters. The van der Waals surface area contributed by atoms with Crippen LogP contribution in [0.4, 0.5) is 4.39 Å². The van der Waals surface area contributed by atoms with E-state index >= 15 is 0 Å². The molecule has 0 aromatic heterocycles. The van der Waals surface area contributed by atoms with Crippen LogP contribution in [-0.4, -0.2) is 14.2 Å². The van der Waals surface area contributed by atoms with E-state index < -0.39 is 0 Å². The zero-order valence-corrected chi connectivity index (χ0v) is 11.4. The minimum Gasteiger partial charge on any atom is -0.497 e. The normalized spacial score (nSPS) is 12.2. The van der Waals surface area contributed by atoms with Gasteiger partial charge in [-0.05, 0) is 43.3 Å². The highest BCUT2D eigenvalue weighted by Gasteiger charge is 2.09. The fraction of sp³-hybridized carbons (Fsp3) is 0.250. The van der Waals surface area contributed by atoms with E-state index in [2.05, 4.69) is 12.2 Å². The van der Waals surface area contributed by atoms with Gasteiger partial charge in [0.05, 0.1) is 7.11 Å². The molecule has 0 saturated heterocycles. The van der Waals surface area contributed by atoms with Crippen LogP contribution in [-0.2, 0) is 0 Å². The maximum absolute atomic E-state index is 14.0. The number of nitrogens with one attached hydrogen (secondary N) is 1. The van der Waals surface area contributed by atoms with E-state index in [1.807, 2.05) is 31.3 Å². The van der Waals surface area contributed by atoms with Crippen molar-refractivity contribution in [2.75, 3.05) is 14.2 Å². The summed E-state index contributed by atoms with van der Waals surface area (Å²) in [5.41, 5.74) is 2.60. The van der Waals surface area contributed by atoms with E-state index in [1.54, 1.807) is 12.1 Å². The molecular weight excluding hydrogens is 241 g/mol. The summed E-state index contributed by atoms with van der Waals surface area (Å²) in [5.74, 6) is 0.259. The molecule has 100 valence electrons. The second-order valence-corrected chi connectivity index (χ2v) is 4.48. The van der Waals surface area contributed by atoms with Crippen LogP contribution in [0.2, 0.25) is 0 Å². The topological polar surface area (TPSA) is 21.3 Å². The molecular formula is C16H18FNO. The van der Waals surface area contributed by atoms with Crippen molar-refractivity contribution in [3.8, 4) is 16.9 Å². The van der Waals surface area contributed by atoms with Gasteiger partial charge in [0.15, 0.2) is 0 Å². The number of ether oxygens (including phenoxy) is 1. The summed E-state index contributed by atoms with van der Waals surface area (Å²) in [6, 6.07) is 13.1. The molecule has 2 rings (SSSR count). The first kappa shape index (κ1) is 13.6. The van der Waals surface area contributed by atoms with Crippen LogP contribution >= 0.6 is 0 Å². The zero-order chi connectivity index (χ0) is 13.8. The Morgan fingerprint density at radius 3 is 2.58 bits per heavy atom. The number of methoxy groups -OCH3 is 1. The van der Waals surface area contributed by atoms with Crippen molar-refractivity contribution in [2.24, 2.45) is 0 Å². The van der Waals surface area contributed by atoms with Crippen molar-refractivity contribution in [2.45, 2.75) is 13.0 Å². The van der Waals surface area contributed by atoms with Crippen LogP contribution in [0.15, 0.2) is 42.5 Å². The van der Waals surface area contributed by atoms with Crippen LogP contribution in [0, 0.1) is 5.82 Å². The molecule has 0 radical (unpaired) electrons. The van der Waals surface area contributed by atoms with Gasteiger partial charge in [-0.3, -0.25) is 0 Å². The molecule has 0 saturated carbocycles. The molecule has 0 aliphatic heterocycles. The molecule has 0 aliphatic carbocycles. The van der Waals surface area contributed by atoms with Crippen LogP contribution in [0.5, 0.6) is 5.75 Å². The SMILES string of the molecule is CNC(C)c1cccc(-c2ccc(OC)cc2F)c1. The molecule has 1 N–H and O–H groups in total. The Bertz CT molecular complexity index is 568. The number of halogens is 1. The third-order valence-corrected chi connectivity index (χ3v) is 3.31. The van der Waals surface area contributed by atoms with Gasteiger partial charge in [-0.15, -0.1) is 0 Å². The van der Waals surface area contributed by atoms with Gasteiger partial charge in [0, 0.05) is 17.7 Å². The summed E-state index contributed by atoms with van der Waals surface area (Å²) in [6.45, 7) is 2.07. The molecule has 1 unspecified atom stereocenters. The van der Waals surface area contributed by atoms with Crippen molar-refractivity contribution in [3.05, 3.63) is 53.8 Å². The molecule has 0 bridgehead atoms. The van der Waals surface area contributed by atoms with Crippen LogP contribution < -0.4 is 10.1 Å². The maximum Gasteiger partial charge on any atom is 0.134 e. The lowest BCUT2D eigenvalue weighted by molar-refractivity contribution is 0.411. The predicted molar refractivity (Wildman–Crippen MR) is 75.9 cm³/mol. The molecule has 0 spiro atoms. The van der Waals surface area contributed by atoms with Crippen molar-refractivity contribution in [3.63, 3.8) is 0 Å². The first-order chi connectivity index (χ1) is 9.15. The molecule has 2 aromatic carbocycles. The van der Waals surface area contributed by atoms with E-state index in [4.69, 9.17) is 4.74 Å². The Morgan fingerprint density at radius 2 is 1.95 bits per heavy atom. The minimum atomic E-state index is -0.270. The van der Waals surface area contributed by atoms with Gasteiger partial charge in [-0.25, -0.2) is 4.39 Å². The molecule has 0 heterocycles. The molecule has 0 fully saturated rings. The lowest BCUT2D eigenvalue weighted by atomic mass is 10.00. The standard InChI is InChI=1S/C16H18FNO/c1-11(18-2)12-5-4-6-13(9-12)15-8-7-14(19-3)10-16(15)17/h4-11,18H,1-3H3. The van der Waals surface area contributed by atoms with Crippen LogP contribution in [0.25, 0.3) is 11.1 Å². The molecule has 2 nitrogen and oxygen atoms in total. The van der Waals surface area contributed by atoms with Gasteiger partial charge in [0.2, 0.25) is 0 Å². The van der Waals surface area contributed by atoms with E-state index in [1.165, 1.54) is 13.2 Å². The van der Waals surface area contributed by atoms with Gasteiger partial charge >= 0.3 is 0 Å². The Morgan fingerprint density at radius 1 is 1.16 bits per heavy atom. The first-order valence-corrected chi connectivity index (χ1v) is 6.27. The van der Waals surface area contributed by atoms with Crippen molar-refractivity contribution < 1.29 is 9.13 Å². The summed E-state index contributed by atoms with van der Waals surface area (Å²) in [4.78, 5) is 0. The highest BCUT2D eigenvalue weighted by molar-refractivity contribution is 5.65. The number of rotatable bonds is 4. The number of hydrogen-bond donors (Lipinski definition) is 1. The fourth-order valence-corrected chi connectivity index (χ4v) is 2.00. The molecule has 3 heteroatoms. The summed E-state index contributed by atoms with van der Waals surface area (Å²) >= 11 is 0. The third-order valence-electron chi connectivity index (χ3n) is 3.31. The lowest BCUT2D eigenvalue weighted by Gasteiger charge is -2.12. The summed E-state index contributed by atoms with van der Waals surface area (Å²) in [7, 11) is 3.44. The third kappa shape index (κ3) is 2.93. The van der Waals surface area contributed by atoms with Crippen LogP contribution in [0.1, 0.15) is 18.5 Å². The molecule has 0 amide bonds. The van der Waals surface area contributed by atoms with Gasteiger partial charge in [-0.2, -0.15) is 0 Å². The largest absolute Gasteiger partial charge is 0.497 e. The summed E-state index contributed by atoms with van der Waals surface area (Å²) in [6.07, 6.45) is 0. The second kappa shape index (κ2) is 5.85. The van der Waals surface area contributed by atoms with E-state index in [0.717, 1.165) is 11.1 Å². The quantitative estimate of drug-likeness (QED) is 0.902. The smallest absolute Gasteiger partial charge is 0.134 e. The Labute approximate surface area is 113 Å². The lowest BCUT2D eigenvalue weighted by Crippen LogP contribution is -2.12. The first-order valence-electron chi connectivity index (χ1n) is 6.27. The fourth-order valence-electron chi connectivity index (χ4n) is 2.00. The average molecular weight is 259 g/mol. The maximum atomic E-state index is 14.0. The van der Waals surface area contributed by atoms with Gasteiger partial charge in [-0.1, -0.05) is 18.2 Å². The molecule has 19 heavy (non-hydrogen) atoms. The number of hydrogen-bond acceptors (Lipinski definition) is 2. The molecule has 2 aromatic rings. The summed E-state index contributed by atoms with van der Waals surface area (Å²) < 4.78 is 19.1. The van der Waals surface area contributed by atoms with Crippen molar-refractivity contribution >= 4 is 0 Å². The van der Waals surface area contributed by atoms with E-state index in [0.29, 0.717) is 11.3 Å². The van der Waals surface area contributed by atoms with Gasteiger partial charge in [0.1, 0.15) is 11.6 Å². The second-order valence-electron chi connectivity index (χ2n) is 4.48. The molecule has 0 aliphatic rings. The average Bonchev–Trinajstić information content (AvgIpc) is 2.46. The van der Waals surface area contributed by atoms with Crippen molar-refractivity contribution in [1.82, 2.24) is 5.32 Å². The zero-order valence-electron chi connectivity index (χ0n) is 11.4. The highest BCUT2D eigenvalue weighted by Crippen LogP contribution is 2.28. The van der Waals surface area contributed by atoms with E-state index in [-0.39, 0.29) is 11.9 Å². The van der Waals surface area contributed by atoms with Crippen molar-refractivity contribution in [1.29, 1.82) is 0 Å². The Balaban J connectivity index is 2.41.